The molecule has 1 aromatic carbocycles. The number of aromatic nitrogens is 4. The third kappa shape index (κ3) is 3.96. The van der Waals surface area contributed by atoms with Crippen LogP contribution in [0.5, 0.6) is 0 Å². The highest BCUT2D eigenvalue weighted by Gasteiger charge is 2.15. The number of hydrogen-bond acceptors (Lipinski definition) is 7. The number of H-pyrrole nitrogens is 1. The zero-order chi connectivity index (χ0) is 18.6. The normalized spacial score (nSPS) is 11.5. The molecule has 27 heavy (non-hydrogen) atoms. The quantitative estimate of drug-likeness (QED) is 0.527. The Bertz CT molecular complexity index is 1090. The molecule has 0 atom stereocenters. The highest BCUT2D eigenvalue weighted by atomic mass is 32.1. The van der Waals surface area contributed by atoms with Crippen LogP contribution in [-0.4, -0.2) is 31.6 Å². The van der Waals surface area contributed by atoms with Gasteiger partial charge in [0.1, 0.15) is 5.82 Å². The van der Waals surface area contributed by atoms with E-state index in [1.165, 1.54) is 0 Å². The van der Waals surface area contributed by atoms with Crippen molar-refractivity contribution in [3.05, 3.63) is 63.8 Å². The fourth-order valence-electron chi connectivity index (χ4n) is 2.96. The van der Waals surface area contributed by atoms with Crippen molar-refractivity contribution in [2.24, 2.45) is 0 Å². The van der Waals surface area contributed by atoms with Crippen LogP contribution in [0.4, 0.5) is 0 Å². The Morgan fingerprint density at radius 3 is 2.85 bits per heavy atom. The van der Waals surface area contributed by atoms with Crippen LogP contribution in [0, 0.1) is 0 Å². The second-order valence-electron chi connectivity index (χ2n) is 6.22. The molecule has 138 valence electrons. The van der Waals surface area contributed by atoms with Crippen LogP contribution in [0.2, 0.25) is 0 Å². The summed E-state index contributed by atoms with van der Waals surface area (Å²) in [5.41, 5.74) is 0.579. The van der Waals surface area contributed by atoms with Gasteiger partial charge in [-0.25, -0.2) is 4.98 Å². The van der Waals surface area contributed by atoms with Crippen LogP contribution in [0.1, 0.15) is 25.1 Å². The Kier molecular flexibility index (Phi) is 5.08. The van der Waals surface area contributed by atoms with Crippen molar-refractivity contribution >= 4 is 22.2 Å². The number of rotatable bonds is 7. The molecule has 0 unspecified atom stereocenters. The number of nitrogens with zero attached hydrogens (tertiary/aromatic N) is 4. The molecular weight excluding hydrogens is 362 g/mol. The fraction of sp³-hybridized carbons (Fsp3) is 0.263. The van der Waals surface area contributed by atoms with Gasteiger partial charge in [0.25, 0.3) is 11.4 Å². The summed E-state index contributed by atoms with van der Waals surface area (Å²) in [7, 11) is 0. The summed E-state index contributed by atoms with van der Waals surface area (Å²) >= 11 is 1.56. The first kappa shape index (κ1) is 17.6. The summed E-state index contributed by atoms with van der Waals surface area (Å²) in [6.45, 7) is 3.94. The highest BCUT2D eigenvalue weighted by Crippen LogP contribution is 2.23. The molecule has 0 aliphatic carbocycles. The average molecular weight is 381 g/mol. The number of aromatic amines is 1. The largest absolute Gasteiger partial charge is 0.419 e. The highest BCUT2D eigenvalue weighted by molar-refractivity contribution is 7.13. The van der Waals surface area contributed by atoms with Crippen molar-refractivity contribution in [2.75, 3.05) is 6.54 Å². The van der Waals surface area contributed by atoms with E-state index in [9.17, 15) is 4.79 Å². The summed E-state index contributed by atoms with van der Waals surface area (Å²) in [4.78, 5) is 22.8. The van der Waals surface area contributed by atoms with Gasteiger partial charge >= 0.3 is 0 Å². The van der Waals surface area contributed by atoms with E-state index in [1.807, 2.05) is 35.7 Å². The topological polar surface area (TPSA) is 87.9 Å². The van der Waals surface area contributed by atoms with E-state index in [1.54, 1.807) is 17.4 Å². The molecule has 4 rings (SSSR count). The summed E-state index contributed by atoms with van der Waals surface area (Å²) in [6, 6.07) is 11.3. The molecule has 0 saturated heterocycles. The fourth-order valence-corrected chi connectivity index (χ4v) is 3.60. The molecule has 0 aliphatic heterocycles. The molecule has 3 aromatic heterocycles. The van der Waals surface area contributed by atoms with E-state index in [4.69, 9.17) is 4.42 Å². The van der Waals surface area contributed by atoms with Crippen molar-refractivity contribution in [1.82, 2.24) is 25.1 Å². The van der Waals surface area contributed by atoms with Gasteiger partial charge in [-0.1, -0.05) is 25.1 Å². The molecule has 0 saturated carbocycles. The molecule has 0 fully saturated rings. The number of hydrogen-bond donors (Lipinski definition) is 1. The number of nitrogens with one attached hydrogen (secondary N) is 1. The Balaban J connectivity index is 1.54. The number of fused-ring (bicyclic) bond motifs is 1. The van der Waals surface area contributed by atoms with Crippen LogP contribution in [0.25, 0.3) is 21.7 Å². The molecule has 0 amide bonds. The Hall–Kier alpha value is -2.84. The lowest BCUT2D eigenvalue weighted by molar-refractivity contribution is 0.226. The molecule has 0 spiro atoms. The van der Waals surface area contributed by atoms with Crippen molar-refractivity contribution < 1.29 is 4.42 Å². The van der Waals surface area contributed by atoms with E-state index in [0.29, 0.717) is 41.6 Å². The zero-order valence-corrected chi connectivity index (χ0v) is 15.7. The third-order valence-electron chi connectivity index (χ3n) is 4.13. The molecule has 3 heterocycles. The predicted octanol–water partition coefficient (Wildman–Crippen LogP) is 3.45. The maximum absolute atomic E-state index is 12.3. The lowest BCUT2D eigenvalue weighted by atomic mass is 10.2. The van der Waals surface area contributed by atoms with Crippen LogP contribution >= 0.6 is 11.3 Å². The molecule has 1 N–H and O–H groups in total. The summed E-state index contributed by atoms with van der Waals surface area (Å²) in [5.74, 6) is 1.72. The first-order chi connectivity index (χ1) is 13.2. The van der Waals surface area contributed by atoms with Gasteiger partial charge in [0.05, 0.1) is 28.9 Å². The summed E-state index contributed by atoms with van der Waals surface area (Å²) < 4.78 is 5.79. The average Bonchev–Trinajstić information content (AvgIpc) is 3.33. The van der Waals surface area contributed by atoms with Gasteiger partial charge < -0.3 is 9.40 Å². The summed E-state index contributed by atoms with van der Waals surface area (Å²) in [5, 5.41) is 10.9. The lowest BCUT2D eigenvalue weighted by Gasteiger charge is -2.19. The molecule has 0 radical (unpaired) electrons. The van der Waals surface area contributed by atoms with Crippen LogP contribution < -0.4 is 5.56 Å². The molecule has 8 heteroatoms. The van der Waals surface area contributed by atoms with Crippen LogP contribution in [-0.2, 0) is 13.1 Å². The van der Waals surface area contributed by atoms with Crippen LogP contribution in [0.3, 0.4) is 0 Å². The first-order valence-corrected chi connectivity index (χ1v) is 9.67. The van der Waals surface area contributed by atoms with E-state index in [2.05, 4.69) is 32.0 Å². The number of para-hydroxylation sites is 1. The monoisotopic (exact) mass is 381 g/mol. The molecule has 4 aromatic rings. The molecule has 7 nitrogen and oxygen atoms in total. The van der Waals surface area contributed by atoms with Crippen LogP contribution in [0.15, 0.2) is 51.0 Å². The Morgan fingerprint density at radius 2 is 2.04 bits per heavy atom. The lowest BCUT2D eigenvalue weighted by Crippen LogP contribution is -2.26. The summed E-state index contributed by atoms with van der Waals surface area (Å²) in [6.07, 6.45) is 0.962. The minimum absolute atomic E-state index is 0.121. The van der Waals surface area contributed by atoms with Gasteiger partial charge in [0.2, 0.25) is 5.89 Å². The Labute approximate surface area is 159 Å². The van der Waals surface area contributed by atoms with Crippen molar-refractivity contribution in [3.8, 4) is 10.8 Å². The second-order valence-corrected chi connectivity index (χ2v) is 7.17. The minimum Gasteiger partial charge on any atom is -0.419 e. The van der Waals surface area contributed by atoms with Gasteiger partial charge in [-0.15, -0.1) is 21.5 Å². The molecule has 0 aliphatic rings. The number of benzene rings is 1. The Morgan fingerprint density at radius 1 is 1.15 bits per heavy atom. The van der Waals surface area contributed by atoms with E-state index < -0.39 is 0 Å². The van der Waals surface area contributed by atoms with Crippen molar-refractivity contribution in [2.45, 2.75) is 26.4 Å². The first-order valence-electron chi connectivity index (χ1n) is 8.79. The maximum atomic E-state index is 12.3. The van der Waals surface area contributed by atoms with Crippen molar-refractivity contribution in [1.29, 1.82) is 0 Å². The van der Waals surface area contributed by atoms with E-state index >= 15 is 0 Å². The van der Waals surface area contributed by atoms with Gasteiger partial charge in [-0.2, -0.15) is 0 Å². The van der Waals surface area contributed by atoms with Gasteiger partial charge in [-0.3, -0.25) is 9.69 Å². The predicted molar refractivity (Wildman–Crippen MR) is 104 cm³/mol. The van der Waals surface area contributed by atoms with E-state index in [-0.39, 0.29) is 5.56 Å². The van der Waals surface area contributed by atoms with Crippen molar-refractivity contribution in [3.63, 3.8) is 0 Å². The second kappa shape index (κ2) is 7.81. The standard InChI is InChI=1S/C19H19N5O2S/c1-2-9-24(12-17-22-23-19(26-17)15-8-5-10-27-15)11-16-20-14-7-4-3-6-13(14)18(25)21-16/h3-8,10H,2,9,11-12H2,1H3,(H,20,21,25). The molecule has 0 bridgehead atoms. The zero-order valence-electron chi connectivity index (χ0n) is 14.9. The number of thiophene rings is 1. The van der Waals surface area contributed by atoms with E-state index in [0.717, 1.165) is 17.8 Å². The van der Waals surface area contributed by atoms with Gasteiger partial charge in [0, 0.05) is 0 Å². The minimum atomic E-state index is -0.121. The smallest absolute Gasteiger partial charge is 0.258 e. The third-order valence-corrected chi connectivity index (χ3v) is 4.99. The maximum Gasteiger partial charge on any atom is 0.258 e. The molecular formula is C19H19N5O2S. The SMILES string of the molecule is CCCN(Cc1nc2ccccc2c(=O)[nH]1)Cc1nnc(-c2cccs2)o1. The van der Waals surface area contributed by atoms with Gasteiger partial charge in [0.15, 0.2) is 0 Å². The van der Waals surface area contributed by atoms with Gasteiger partial charge in [-0.05, 0) is 36.5 Å².